The van der Waals surface area contributed by atoms with Crippen molar-refractivity contribution in [2.45, 2.75) is 25.3 Å². The van der Waals surface area contributed by atoms with Gasteiger partial charge in [0.2, 0.25) is 5.91 Å². The molecule has 0 saturated heterocycles. The van der Waals surface area contributed by atoms with Gasteiger partial charge >= 0.3 is 0 Å². The molecule has 112 valence electrons. The second-order valence-corrected chi connectivity index (χ2v) is 5.77. The molecule has 0 saturated carbocycles. The summed E-state index contributed by atoms with van der Waals surface area (Å²) >= 11 is 1.28. The van der Waals surface area contributed by atoms with Gasteiger partial charge in [-0.1, -0.05) is 30.8 Å². The van der Waals surface area contributed by atoms with Crippen LogP contribution in [0.5, 0.6) is 0 Å². The highest BCUT2D eigenvalue weighted by atomic mass is 32.2. The number of aryl methyl sites for hydroxylation is 2. The molecule has 0 spiro atoms. The molecule has 0 aliphatic rings. The fraction of sp³-hybridized carbons (Fsp3) is 0.235. The van der Waals surface area contributed by atoms with Crippen LogP contribution in [0, 0.1) is 18.3 Å². The highest BCUT2D eigenvalue weighted by Crippen LogP contribution is 2.20. The number of nitriles is 1. The number of benzene rings is 1. The summed E-state index contributed by atoms with van der Waals surface area (Å²) in [6, 6.07) is 13.4. The molecule has 1 N–H and O–H groups in total. The summed E-state index contributed by atoms with van der Waals surface area (Å²) in [6.07, 6.45) is 0.972. The Kier molecular flexibility index (Phi) is 5.56. The Balaban J connectivity index is 1.95. The summed E-state index contributed by atoms with van der Waals surface area (Å²) in [5, 5.41) is 12.5. The predicted molar refractivity (Wildman–Crippen MR) is 88.9 cm³/mol. The van der Waals surface area contributed by atoms with Crippen LogP contribution < -0.4 is 5.32 Å². The first-order valence-electron chi connectivity index (χ1n) is 7.01. The molecule has 1 aromatic heterocycles. The van der Waals surface area contributed by atoms with Crippen LogP contribution >= 0.6 is 11.8 Å². The van der Waals surface area contributed by atoms with E-state index in [2.05, 4.69) is 23.3 Å². The minimum atomic E-state index is -0.110. The topological polar surface area (TPSA) is 65.8 Å². The molecule has 0 radical (unpaired) electrons. The van der Waals surface area contributed by atoms with E-state index in [9.17, 15) is 4.79 Å². The minimum absolute atomic E-state index is 0.110. The zero-order valence-corrected chi connectivity index (χ0v) is 13.4. The summed E-state index contributed by atoms with van der Waals surface area (Å²) in [5.74, 6) is 0.113. The van der Waals surface area contributed by atoms with Gasteiger partial charge in [-0.3, -0.25) is 4.79 Å². The van der Waals surface area contributed by atoms with Crippen LogP contribution in [0.3, 0.4) is 0 Å². The lowest BCUT2D eigenvalue weighted by Crippen LogP contribution is -2.14. The Morgan fingerprint density at radius 3 is 2.64 bits per heavy atom. The molecule has 1 amide bonds. The Morgan fingerprint density at radius 2 is 2.00 bits per heavy atom. The lowest BCUT2D eigenvalue weighted by atomic mass is 10.1. The second-order valence-electron chi connectivity index (χ2n) is 4.80. The van der Waals surface area contributed by atoms with E-state index in [0.717, 1.165) is 17.8 Å². The molecular weight excluding hydrogens is 294 g/mol. The van der Waals surface area contributed by atoms with Gasteiger partial charge in [-0.25, -0.2) is 4.98 Å². The lowest BCUT2D eigenvalue weighted by Gasteiger charge is -2.07. The first kappa shape index (κ1) is 16.1. The van der Waals surface area contributed by atoms with Gasteiger partial charge in [-0.05, 0) is 43.2 Å². The van der Waals surface area contributed by atoms with Gasteiger partial charge < -0.3 is 5.32 Å². The molecule has 0 unspecified atom stereocenters. The molecule has 0 aliphatic carbocycles. The third-order valence-electron chi connectivity index (χ3n) is 3.11. The monoisotopic (exact) mass is 311 g/mol. The Bertz CT molecular complexity index is 705. The van der Waals surface area contributed by atoms with Crippen molar-refractivity contribution in [3.63, 3.8) is 0 Å². The number of hydrogen-bond acceptors (Lipinski definition) is 4. The number of rotatable bonds is 5. The van der Waals surface area contributed by atoms with Crippen molar-refractivity contribution in [3.05, 3.63) is 53.2 Å². The summed E-state index contributed by atoms with van der Waals surface area (Å²) in [7, 11) is 0. The van der Waals surface area contributed by atoms with E-state index in [1.807, 2.05) is 31.2 Å². The number of carbonyl (C=O) groups excluding carboxylic acids is 1. The van der Waals surface area contributed by atoms with E-state index in [4.69, 9.17) is 5.26 Å². The molecule has 0 atom stereocenters. The van der Waals surface area contributed by atoms with Crippen molar-refractivity contribution in [2.75, 3.05) is 11.1 Å². The third-order valence-corrected chi connectivity index (χ3v) is 4.10. The van der Waals surface area contributed by atoms with Crippen LogP contribution in [-0.2, 0) is 11.2 Å². The van der Waals surface area contributed by atoms with Gasteiger partial charge in [-0.2, -0.15) is 5.26 Å². The van der Waals surface area contributed by atoms with E-state index in [-0.39, 0.29) is 11.7 Å². The molecule has 0 bridgehead atoms. The second kappa shape index (κ2) is 7.62. The standard InChI is InChI=1S/C17H17N3OS/c1-3-13-5-8-15(9-6-13)20-16(21)11-22-17-14(10-18)7-4-12(2)19-17/h4-9H,3,11H2,1-2H3,(H,20,21). The van der Waals surface area contributed by atoms with E-state index < -0.39 is 0 Å². The molecule has 0 fully saturated rings. The van der Waals surface area contributed by atoms with E-state index in [0.29, 0.717) is 10.6 Å². The first-order valence-corrected chi connectivity index (χ1v) is 8.00. The summed E-state index contributed by atoms with van der Waals surface area (Å²) in [5.41, 5.74) is 3.34. The van der Waals surface area contributed by atoms with E-state index >= 15 is 0 Å². The molecule has 1 heterocycles. The van der Waals surface area contributed by atoms with Gasteiger partial charge in [0, 0.05) is 11.4 Å². The smallest absolute Gasteiger partial charge is 0.234 e. The molecule has 2 aromatic rings. The van der Waals surface area contributed by atoms with Gasteiger partial charge in [0.15, 0.2) is 0 Å². The number of hydrogen-bond donors (Lipinski definition) is 1. The largest absolute Gasteiger partial charge is 0.325 e. The number of pyridine rings is 1. The summed E-state index contributed by atoms with van der Waals surface area (Å²) < 4.78 is 0. The molecule has 4 nitrogen and oxygen atoms in total. The average Bonchev–Trinajstić information content (AvgIpc) is 2.54. The fourth-order valence-electron chi connectivity index (χ4n) is 1.88. The van der Waals surface area contributed by atoms with Gasteiger partial charge in [0.1, 0.15) is 11.1 Å². The number of nitrogens with zero attached hydrogens (tertiary/aromatic N) is 2. The third kappa shape index (κ3) is 4.34. The van der Waals surface area contributed by atoms with Crippen LogP contribution in [-0.4, -0.2) is 16.6 Å². The maximum atomic E-state index is 12.0. The van der Waals surface area contributed by atoms with E-state index in [1.165, 1.54) is 17.3 Å². The van der Waals surface area contributed by atoms with Crippen LogP contribution in [0.4, 0.5) is 5.69 Å². The predicted octanol–water partition coefficient (Wildman–Crippen LogP) is 3.55. The average molecular weight is 311 g/mol. The maximum Gasteiger partial charge on any atom is 0.234 e. The fourth-order valence-corrected chi connectivity index (χ4v) is 2.70. The van der Waals surface area contributed by atoms with Crippen LogP contribution in [0.1, 0.15) is 23.7 Å². The molecule has 0 aliphatic heterocycles. The van der Waals surface area contributed by atoms with E-state index in [1.54, 1.807) is 12.1 Å². The van der Waals surface area contributed by atoms with Gasteiger partial charge in [0.05, 0.1) is 11.3 Å². The number of anilines is 1. The summed E-state index contributed by atoms with van der Waals surface area (Å²) in [4.78, 5) is 16.3. The summed E-state index contributed by atoms with van der Waals surface area (Å²) in [6.45, 7) is 3.95. The normalized spacial score (nSPS) is 10.0. The number of amides is 1. The van der Waals surface area contributed by atoms with Crippen LogP contribution in [0.15, 0.2) is 41.4 Å². The van der Waals surface area contributed by atoms with Gasteiger partial charge in [-0.15, -0.1) is 0 Å². The van der Waals surface area contributed by atoms with Crippen molar-refractivity contribution in [3.8, 4) is 6.07 Å². The molecular formula is C17H17N3OS. The van der Waals surface area contributed by atoms with Crippen LogP contribution in [0.2, 0.25) is 0 Å². The quantitative estimate of drug-likeness (QED) is 0.858. The first-order chi connectivity index (χ1) is 10.6. The van der Waals surface area contributed by atoms with Gasteiger partial charge in [0.25, 0.3) is 0 Å². The Morgan fingerprint density at radius 1 is 1.27 bits per heavy atom. The van der Waals surface area contributed by atoms with Crippen molar-refractivity contribution >= 4 is 23.4 Å². The van der Waals surface area contributed by atoms with Crippen molar-refractivity contribution < 1.29 is 4.79 Å². The number of thioether (sulfide) groups is 1. The zero-order valence-electron chi connectivity index (χ0n) is 12.6. The number of carbonyl (C=O) groups is 1. The van der Waals surface area contributed by atoms with Crippen molar-refractivity contribution in [1.29, 1.82) is 5.26 Å². The maximum absolute atomic E-state index is 12.0. The SMILES string of the molecule is CCc1ccc(NC(=O)CSc2nc(C)ccc2C#N)cc1. The Hall–Kier alpha value is -2.32. The van der Waals surface area contributed by atoms with Crippen molar-refractivity contribution in [1.82, 2.24) is 4.98 Å². The highest BCUT2D eigenvalue weighted by molar-refractivity contribution is 8.00. The zero-order chi connectivity index (χ0) is 15.9. The van der Waals surface area contributed by atoms with Crippen LogP contribution in [0.25, 0.3) is 0 Å². The Labute approximate surface area is 134 Å². The highest BCUT2D eigenvalue weighted by Gasteiger charge is 2.09. The molecule has 22 heavy (non-hydrogen) atoms. The number of nitrogens with one attached hydrogen (secondary N) is 1. The number of aromatic nitrogens is 1. The lowest BCUT2D eigenvalue weighted by molar-refractivity contribution is -0.113. The minimum Gasteiger partial charge on any atom is -0.325 e. The molecule has 5 heteroatoms. The molecule has 1 aromatic carbocycles. The van der Waals surface area contributed by atoms with Crippen molar-refractivity contribution in [2.24, 2.45) is 0 Å². The molecule has 2 rings (SSSR count).